The number of nitrogens with zero attached hydrogens (tertiary/aromatic N) is 2. The molecule has 1 heterocycles. The summed E-state index contributed by atoms with van der Waals surface area (Å²) in [4.78, 5) is 26.7. The number of ether oxygens (including phenoxy) is 2. The third kappa shape index (κ3) is 5.23. The molecule has 3 rings (SSSR count). The number of benzene rings is 2. The van der Waals surface area contributed by atoms with Gasteiger partial charge in [-0.25, -0.2) is 0 Å². The highest BCUT2D eigenvalue weighted by atomic mass is 16.6. The Balaban J connectivity index is 1.57. The summed E-state index contributed by atoms with van der Waals surface area (Å²) in [5.74, 6) is 0.263. The number of methoxy groups -OCH3 is 1. The number of carbonyl (C=O) groups excluding carboxylic acids is 1. The van der Waals surface area contributed by atoms with Gasteiger partial charge in [-0.2, -0.15) is 0 Å². The molecule has 0 radical (unpaired) electrons. The lowest BCUT2D eigenvalue weighted by Crippen LogP contribution is -3.13. The van der Waals surface area contributed by atoms with Crippen LogP contribution in [0.2, 0.25) is 0 Å². The van der Waals surface area contributed by atoms with Crippen molar-refractivity contribution in [1.29, 1.82) is 0 Å². The maximum Gasteiger partial charge on any atom is 0.314 e. The molecule has 0 spiro atoms. The molecule has 1 saturated heterocycles. The Hall–Kier alpha value is -3.13. The molecule has 8 nitrogen and oxygen atoms in total. The van der Waals surface area contributed by atoms with Crippen molar-refractivity contribution >= 4 is 11.6 Å². The average molecular weight is 400 g/mol. The van der Waals surface area contributed by atoms with Gasteiger partial charge in [-0.1, -0.05) is 30.3 Å². The third-order valence-electron chi connectivity index (χ3n) is 5.09. The maximum absolute atomic E-state index is 12.8. The third-order valence-corrected chi connectivity index (χ3v) is 5.09. The van der Waals surface area contributed by atoms with Crippen LogP contribution in [0.5, 0.6) is 11.5 Å². The van der Waals surface area contributed by atoms with Gasteiger partial charge < -0.3 is 19.3 Å². The summed E-state index contributed by atoms with van der Waals surface area (Å²) >= 11 is 0. The normalized spacial score (nSPS) is 15.6. The van der Waals surface area contributed by atoms with E-state index in [0.717, 1.165) is 19.6 Å². The molecule has 1 aliphatic heterocycles. The number of rotatable bonds is 7. The number of carbonyl (C=O) groups is 1. The van der Waals surface area contributed by atoms with Gasteiger partial charge in [0.05, 0.1) is 44.3 Å². The van der Waals surface area contributed by atoms with Crippen LogP contribution in [0.15, 0.2) is 48.5 Å². The summed E-state index contributed by atoms with van der Waals surface area (Å²) in [6, 6.07) is 14.6. The van der Waals surface area contributed by atoms with Gasteiger partial charge in [-0.15, -0.1) is 0 Å². The minimum Gasteiger partial charge on any atom is -0.496 e. The highest BCUT2D eigenvalue weighted by Gasteiger charge is 2.29. The minimum atomic E-state index is -0.808. The predicted octanol–water partition coefficient (Wildman–Crippen LogP) is 1.30. The van der Waals surface area contributed by atoms with Gasteiger partial charge in [0, 0.05) is 5.56 Å². The second kappa shape index (κ2) is 9.38. The first kappa shape index (κ1) is 20.6. The molecule has 2 aromatic rings. The van der Waals surface area contributed by atoms with Gasteiger partial charge in [0.15, 0.2) is 11.9 Å². The van der Waals surface area contributed by atoms with Crippen molar-refractivity contribution in [2.45, 2.75) is 19.6 Å². The maximum atomic E-state index is 12.8. The Morgan fingerprint density at radius 2 is 1.90 bits per heavy atom. The van der Waals surface area contributed by atoms with Crippen LogP contribution in [0.3, 0.4) is 0 Å². The van der Waals surface area contributed by atoms with Crippen LogP contribution in [0.1, 0.15) is 12.5 Å². The van der Waals surface area contributed by atoms with Gasteiger partial charge in [0.25, 0.3) is 5.91 Å². The van der Waals surface area contributed by atoms with Gasteiger partial charge in [-0.3, -0.25) is 14.9 Å². The molecule has 0 unspecified atom stereocenters. The monoisotopic (exact) mass is 400 g/mol. The molecular weight excluding hydrogens is 374 g/mol. The van der Waals surface area contributed by atoms with Crippen molar-refractivity contribution in [1.82, 2.24) is 4.90 Å². The number of nitro groups is 1. The smallest absolute Gasteiger partial charge is 0.314 e. The zero-order valence-corrected chi connectivity index (χ0v) is 16.7. The van der Waals surface area contributed by atoms with Crippen LogP contribution in [0, 0.1) is 10.1 Å². The first-order valence-electron chi connectivity index (χ1n) is 9.63. The predicted molar refractivity (Wildman–Crippen MR) is 107 cm³/mol. The van der Waals surface area contributed by atoms with E-state index in [4.69, 9.17) is 9.47 Å². The van der Waals surface area contributed by atoms with E-state index >= 15 is 0 Å². The Morgan fingerprint density at radius 3 is 2.52 bits per heavy atom. The number of nitrogens with one attached hydrogen (secondary N) is 1. The van der Waals surface area contributed by atoms with Crippen molar-refractivity contribution in [3.8, 4) is 11.5 Å². The number of amides is 1. The van der Waals surface area contributed by atoms with Crippen molar-refractivity contribution in [2.75, 3.05) is 33.3 Å². The summed E-state index contributed by atoms with van der Waals surface area (Å²) in [6.45, 7) is 5.55. The lowest BCUT2D eigenvalue weighted by molar-refractivity contribution is -0.917. The Kier molecular flexibility index (Phi) is 6.66. The quantitative estimate of drug-likeness (QED) is 0.559. The van der Waals surface area contributed by atoms with Crippen LogP contribution in [0.4, 0.5) is 5.69 Å². The SMILES string of the molecule is COc1ccc(O[C@H](C)C(=O)N2CC[NH+](Cc3ccccc3)CC2)c([N+](=O)[O-])c1. The van der Waals surface area contributed by atoms with Crippen LogP contribution in [-0.4, -0.2) is 55.1 Å². The number of hydrogen-bond donors (Lipinski definition) is 1. The van der Waals surface area contributed by atoms with Gasteiger partial charge in [0.1, 0.15) is 12.3 Å². The van der Waals surface area contributed by atoms with E-state index in [9.17, 15) is 14.9 Å². The van der Waals surface area contributed by atoms with Crippen LogP contribution < -0.4 is 14.4 Å². The molecule has 8 heteroatoms. The Morgan fingerprint density at radius 1 is 1.21 bits per heavy atom. The zero-order valence-electron chi connectivity index (χ0n) is 16.7. The molecule has 0 saturated carbocycles. The van der Waals surface area contributed by atoms with E-state index in [0.29, 0.717) is 18.8 Å². The summed E-state index contributed by atoms with van der Waals surface area (Å²) < 4.78 is 10.7. The summed E-state index contributed by atoms with van der Waals surface area (Å²) in [5.41, 5.74) is 1.06. The van der Waals surface area contributed by atoms with Gasteiger partial charge >= 0.3 is 5.69 Å². The highest BCUT2D eigenvalue weighted by molar-refractivity contribution is 5.81. The molecule has 0 aliphatic carbocycles. The molecular formula is C21H26N3O5+. The Labute approximate surface area is 169 Å². The molecule has 1 atom stereocenters. The molecule has 0 bridgehead atoms. The molecule has 29 heavy (non-hydrogen) atoms. The summed E-state index contributed by atoms with van der Waals surface area (Å²) in [7, 11) is 1.44. The minimum absolute atomic E-state index is 0.0602. The highest BCUT2D eigenvalue weighted by Crippen LogP contribution is 2.31. The van der Waals surface area contributed by atoms with Crippen LogP contribution in [-0.2, 0) is 11.3 Å². The fourth-order valence-corrected chi connectivity index (χ4v) is 3.47. The summed E-state index contributed by atoms with van der Waals surface area (Å²) in [5, 5.41) is 11.3. The lowest BCUT2D eigenvalue weighted by Gasteiger charge is -2.33. The number of piperazine rings is 1. The molecule has 1 aliphatic rings. The number of hydrogen-bond acceptors (Lipinski definition) is 5. The number of quaternary nitrogens is 1. The second-order valence-electron chi connectivity index (χ2n) is 7.09. The van der Waals surface area contributed by atoms with E-state index in [1.807, 2.05) is 18.2 Å². The van der Waals surface area contributed by atoms with E-state index in [1.165, 1.54) is 29.7 Å². The second-order valence-corrected chi connectivity index (χ2v) is 7.09. The average Bonchev–Trinajstić information content (AvgIpc) is 2.74. The zero-order chi connectivity index (χ0) is 20.8. The van der Waals surface area contributed by atoms with Crippen LogP contribution >= 0.6 is 0 Å². The van der Waals surface area contributed by atoms with Crippen LogP contribution in [0.25, 0.3) is 0 Å². The Bertz CT molecular complexity index is 851. The standard InChI is InChI=1S/C21H25N3O5/c1-16(29-20-9-8-18(28-2)14-19(20)24(26)27)21(25)23-12-10-22(11-13-23)15-17-6-4-3-5-7-17/h3-9,14,16H,10-13,15H2,1-2H3/p+1/t16-/m1/s1. The molecule has 0 aromatic heterocycles. The van der Waals surface area contributed by atoms with Gasteiger partial charge in [-0.05, 0) is 19.1 Å². The molecule has 1 fully saturated rings. The largest absolute Gasteiger partial charge is 0.496 e. The number of nitro benzene ring substituents is 1. The first-order chi connectivity index (χ1) is 14.0. The van der Waals surface area contributed by atoms with E-state index in [2.05, 4.69) is 12.1 Å². The lowest BCUT2D eigenvalue weighted by atomic mass is 10.2. The fraction of sp³-hybridized carbons (Fsp3) is 0.381. The molecule has 154 valence electrons. The summed E-state index contributed by atoms with van der Waals surface area (Å²) in [6.07, 6.45) is -0.808. The molecule has 2 aromatic carbocycles. The molecule has 1 N–H and O–H groups in total. The van der Waals surface area contributed by atoms with E-state index < -0.39 is 11.0 Å². The van der Waals surface area contributed by atoms with E-state index in [1.54, 1.807) is 17.9 Å². The first-order valence-corrected chi connectivity index (χ1v) is 9.63. The van der Waals surface area contributed by atoms with Crippen molar-refractivity contribution in [2.24, 2.45) is 0 Å². The van der Waals surface area contributed by atoms with E-state index in [-0.39, 0.29) is 17.3 Å². The molecule has 1 amide bonds. The van der Waals surface area contributed by atoms with Crippen molar-refractivity contribution in [3.63, 3.8) is 0 Å². The topological polar surface area (TPSA) is 86.3 Å². The van der Waals surface area contributed by atoms with Gasteiger partial charge in [0.2, 0.25) is 0 Å². The fourth-order valence-electron chi connectivity index (χ4n) is 3.47. The van der Waals surface area contributed by atoms with Crippen molar-refractivity contribution < 1.29 is 24.1 Å². The van der Waals surface area contributed by atoms with Crippen molar-refractivity contribution in [3.05, 3.63) is 64.2 Å².